The molecule has 1 saturated heterocycles. The molecule has 0 aromatic rings. The van der Waals surface area contributed by atoms with Crippen LogP contribution in [-0.4, -0.2) is 61.5 Å². The van der Waals surface area contributed by atoms with Crippen LogP contribution < -0.4 is 0 Å². The Balaban J connectivity index is 2.33. The number of amides is 1. The topological polar surface area (TPSA) is 73.6 Å². The van der Waals surface area contributed by atoms with E-state index >= 15 is 0 Å². The number of carbonyl (C=O) groups excluding carboxylic acids is 2. The van der Waals surface area contributed by atoms with Crippen molar-refractivity contribution in [2.75, 3.05) is 39.8 Å². The Hall–Kier alpha value is -1.61. The molecule has 0 aromatic carbocycles. The van der Waals surface area contributed by atoms with Gasteiger partial charge >= 0.3 is 5.97 Å². The number of nitrogens with zero attached hydrogens (tertiary/aromatic N) is 3. The number of carbonyl (C=O) groups is 2. The van der Waals surface area contributed by atoms with Gasteiger partial charge in [0.05, 0.1) is 25.0 Å². The maximum absolute atomic E-state index is 11.9. The number of hydrogen-bond donors (Lipinski definition) is 0. The molecule has 1 amide bonds. The zero-order chi connectivity index (χ0) is 15.7. The van der Waals surface area contributed by atoms with E-state index < -0.39 is 0 Å². The Bertz CT molecular complexity index is 392. The maximum atomic E-state index is 11.9. The minimum Gasteiger partial charge on any atom is -0.466 e. The summed E-state index contributed by atoms with van der Waals surface area (Å²) in [5.74, 6) is -0.145. The maximum Gasteiger partial charge on any atom is 0.310 e. The number of hydrogen-bond acceptors (Lipinski definition) is 5. The highest BCUT2D eigenvalue weighted by Gasteiger charge is 2.27. The molecule has 6 heteroatoms. The average molecular weight is 295 g/mol. The summed E-state index contributed by atoms with van der Waals surface area (Å²) in [6.07, 6.45) is 2.61. The Morgan fingerprint density at radius 1 is 1.48 bits per heavy atom. The van der Waals surface area contributed by atoms with Crippen LogP contribution in [0.5, 0.6) is 0 Å². The van der Waals surface area contributed by atoms with Crippen LogP contribution in [0.15, 0.2) is 0 Å². The van der Waals surface area contributed by atoms with Crippen molar-refractivity contribution in [3.05, 3.63) is 0 Å². The molecule has 0 spiro atoms. The van der Waals surface area contributed by atoms with Gasteiger partial charge in [-0.05, 0) is 26.3 Å². The first kappa shape index (κ1) is 17.4. The fourth-order valence-electron chi connectivity index (χ4n) is 2.50. The van der Waals surface area contributed by atoms with E-state index in [4.69, 9.17) is 10.00 Å². The van der Waals surface area contributed by atoms with Gasteiger partial charge in [0.25, 0.3) is 0 Å². The number of rotatable bonds is 7. The molecule has 1 fully saturated rings. The van der Waals surface area contributed by atoms with Gasteiger partial charge in [0.2, 0.25) is 5.91 Å². The summed E-state index contributed by atoms with van der Waals surface area (Å²) in [5.41, 5.74) is 0. The lowest BCUT2D eigenvalue weighted by atomic mass is 9.98. The molecule has 6 nitrogen and oxygen atoms in total. The standard InChI is InChI=1S/C15H25N3O3/c1-3-21-15(20)13-6-4-10-18(12-13)11-7-14(19)17(2)9-5-8-16/h13H,3-7,9-12H2,1-2H3. The number of nitriles is 1. The molecule has 1 rings (SSSR count). The van der Waals surface area contributed by atoms with Crippen molar-refractivity contribution in [1.82, 2.24) is 9.80 Å². The highest BCUT2D eigenvalue weighted by molar-refractivity contribution is 5.76. The minimum atomic E-state index is -0.125. The lowest BCUT2D eigenvalue weighted by Gasteiger charge is -2.31. The van der Waals surface area contributed by atoms with E-state index in [1.54, 1.807) is 11.9 Å². The van der Waals surface area contributed by atoms with Crippen LogP contribution in [0.3, 0.4) is 0 Å². The van der Waals surface area contributed by atoms with Gasteiger partial charge in [0.1, 0.15) is 0 Å². The summed E-state index contributed by atoms with van der Waals surface area (Å²) < 4.78 is 5.07. The summed E-state index contributed by atoms with van der Waals surface area (Å²) in [6.45, 7) is 4.96. The van der Waals surface area contributed by atoms with Gasteiger partial charge in [-0.3, -0.25) is 9.59 Å². The Morgan fingerprint density at radius 3 is 2.90 bits per heavy atom. The molecule has 1 heterocycles. The van der Waals surface area contributed by atoms with E-state index in [1.807, 2.05) is 13.0 Å². The van der Waals surface area contributed by atoms with Crippen LogP contribution in [0, 0.1) is 17.2 Å². The first-order valence-corrected chi connectivity index (χ1v) is 7.58. The second-order valence-electron chi connectivity index (χ2n) is 5.37. The van der Waals surface area contributed by atoms with Gasteiger partial charge in [-0.25, -0.2) is 0 Å². The molecule has 1 aliphatic rings. The number of esters is 1. The van der Waals surface area contributed by atoms with Crippen molar-refractivity contribution >= 4 is 11.9 Å². The zero-order valence-electron chi connectivity index (χ0n) is 13.0. The van der Waals surface area contributed by atoms with Gasteiger partial charge in [-0.2, -0.15) is 5.26 Å². The molecule has 0 radical (unpaired) electrons. The molecule has 1 unspecified atom stereocenters. The van der Waals surface area contributed by atoms with Gasteiger partial charge < -0.3 is 14.5 Å². The molecule has 0 N–H and O–H groups in total. The smallest absolute Gasteiger partial charge is 0.310 e. The van der Waals surface area contributed by atoms with E-state index in [0.717, 1.165) is 19.4 Å². The van der Waals surface area contributed by atoms with E-state index in [-0.39, 0.29) is 17.8 Å². The first-order valence-electron chi connectivity index (χ1n) is 7.58. The van der Waals surface area contributed by atoms with E-state index in [9.17, 15) is 9.59 Å². The van der Waals surface area contributed by atoms with Crippen molar-refractivity contribution in [1.29, 1.82) is 5.26 Å². The van der Waals surface area contributed by atoms with Crippen molar-refractivity contribution in [2.24, 2.45) is 5.92 Å². The summed E-state index contributed by atoms with van der Waals surface area (Å²) in [4.78, 5) is 27.4. The summed E-state index contributed by atoms with van der Waals surface area (Å²) >= 11 is 0. The van der Waals surface area contributed by atoms with Crippen LogP contribution in [-0.2, 0) is 14.3 Å². The van der Waals surface area contributed by atoms with Crippen LogP contribution in [0.25, 0.3) is 0 Å². The highest BCUT2D eigenvalue weighted by Crippen LogP contribution is 2.18. The summed E-state index contributed by atoms with van der Waals surface area (Å²) in [5, 5.41) is 8.52. The first-order chi connectivity index (χ1) is 10.1. The Morgan fingerprint density at radius 2 is 2.24 bits per heavy atom. The Kier molecular flexibility index (Phi) is 7.76. The van der Waals surface area contributed by atoms with E-state index in [2.05, 4.69) is 4.90 Å². The predicted molar refractivity (Wildman–Crippen MR) is 78.3 cm³/mol. The second-order valence-corrected chi connectivity index (χ2v) is 5.37. The van der Waals surface area contributed by atoms with Crippen molar-refractivity contribution < 1.29 is 14.3 Å². The largest absolute Gasteiger partial charge is 0.466 e. The summed E-state index contributed by atoms with van der Waals surface area (Å²) in [6, 6.07) is 2.03. The molecule has 0 aliphatic carbocycles. The fraction of sp³-hybridized carbons (Fsp3) is 0.800. The van der Waals surface area contributed by atoms with Crippen molar-refractivity contribution in [2.45, 2.75) is 32.6 Å². The van der Waals surface area contributed by atoms with Gasteiger partial charge in [0, 0.05) is 33.1 Å². The van der Waals surface area contributed by atoms with Crippen LogP contribution in [0.2, 0.25) is 0 Å². The van der Waals surface area contributed by atoms with E-state index in [0.29, 0.717) is 39.1 Å². The lowest BCUT2D eigenvalue weighted by molar-refractivity contribution is -0.149. The normalized spacial score (nSPS) is 18.8. The van der Waals surface area contributed by atoms with Gasteiger partial charge in [0.15, 0.2) is 0 Å². The van der Waals surface area contributed by atoms with Crippen LogP contribution >= 0.6 is 0 Å². The molecule has 21 heavy (non-hydrogen) atoms. The predicted octanol–water partition coefficient (Wildman–Crippen LogP) is 1.02. The third-order valence-corrected chi connectivity index (χ3v) is 3.75. The molecule has 0 saturated carbocycles. The van der Waals surface area contributed by atoms with Crippen molar-refractivity contribution in [3.8, 4) is 6.07 Å². The molecular formula is C15H25N3O3. The monoisotopic (exact) mass is 295 g/mol. The highest BCUT2D eigenvalue weighted by atomic mass is 16.5. The minimum absolute atomic E-state index is 0.0449. The van der Waals surface area contributed by atoms with E-state index in [1.165, 1.54) is 0 Å². The second kappa shape index (κ2) is 9.35. The third kappa shape index (κ3) is 6.13. The quantitative estimate of drug-likeness (QED) is 0.656. The number of likely N-dealkylation sites (tertiary alicyclic amines) is 1. The van der Waals surface area contributed by atoms with Gasteiger partial charge in [-0.15, -0.1) is 0 Å². The van der Waals surface area contributed by atoms with Crippen LogP contribution in [0.1, 0.15) is 32.6 Å². The molecule has 0 aromatic heterocycles. The van der Waals surface area contributed by atoms with Crippen molar-refractivity contribution in [3.63, 3.8) is 0 Å². The molecule has 1 atom stereocenters. The molecule has 0 bridgehead atoms. The Labute approximate surface area is 126 Å². The fourth-order valence-corrected chi connectivity index (χ4v) is 2.50. The van der Waals surface area contributed by atoms with Crippen LogP contribution in [0.4, 0.5) is 0 Å². The van der Waals surface area contributed by atoms with Gasteiger partial charge in [-0.1, -0.05) is 0 Å². The lowest BCUT2D eigenvalue weighted by Crippen LogP contribution is -2.41. The average Bonchev–Trinajstić information content (AvgIpc) is 2.50. The number of ether oxygens (including phenoxy) is 1. The molecule has 118 valence electrons. The number of piperidine rings is 1. The summed E-state index contributed by atoms with van der Waals surface area (Å²) in [7, 11) is 1.72. The third-order valence-electron chi connectivity index (χ3n) is 3.75. The molecular weight excluding hydrogens is 270 g/mol. The zero-order valence-corrected chi connectivity index (χ0v) is 13.0. The molecule has 1 aliphatic heterocycles. The SMILES string of the molecule is CCOC(=O)C1CCCN(CCC(=O)N(C)CCC#N)C1.